The van der Waals surface area contributed by atoms with Crippen molar-refractivity contribution >= 4 is 40.8 Å². The summed E-state index contributed by atoms with van der Waals surface area (Å²) in [6.07, 6.45) is 0. The van der Waals surface area contributed by atoms with Gasteiger partial charge in [0.25, 0.3) is 5.91 Å². The predicted molar refractivity (Wildman–Crippen MR) is 89.9 cm³/mol. The molecule has 5 N–H and O–H groups in total. The second-order valence-corrected chi connectivity index (χ2v) is 5.55. The summed E-state index contributed by atoms with van der Waals surface area (Å²) in [6, 6.07) is 10.4. The third-order valence-corrected chi connectivity index (χ3v) is 3.63. The first-order chi connectivity index (χ1) is 10.9. The van der Waals surface area contributed by atoms with Crippen LogP contribution in [0.3, 0.4) is 0 Å². The number of hydrogen-bond donors (Lipinski definition) is 3. The van der Waals surface area contributed by atoms with E-state index in [9.17, 15) is 9.59 Å². The van der Waals surface area contributed by atoms with Crippen molar-refractivity contribution in [2.24, 2.45) is 5.84 Å². The van der Waals surface area contributed by atoms with Crippen LogP contribution in [-0.4, -0.2) is 16.9 Å². The number of benzene rings is 2. The van der Waals surface area contributed by atoms with Crippen molar-refractivity contribution in [1.82, 2.24) is 10.3 Å². The van der Waals surface area contributed by atoms with Gasteiger partial charge >= 0.3 is 6.03 Å². The van der Waals surface area contributed by atoms with Crippen LogP contribution < -0.4 is 16.9 Å². The number of urea groups is 1. The number of nitrogens with one attached hydrogen (secondary N) is 1. The molecular formula is C15H14Cl2N4O2. The summed E-state index contributed by atoms with van der Waals surface area (Å²) in [5, 5.41) is 3.85. The van der Waals surface area contributed by atoms with E-state index in [1.807, 2.05) is 0 Å². The van der Waals surface area contributed by atoms with Gasteiger partial charge in [0.05, 0.1) is 12.1 Å². The fourth-order valence-corrected chi connectivity index (χ4v) is 2.31. The topological polar surface area (TPSA) is 101 Å². The molecule has 0 radical (unpaired) electrons. The van der Waals surface area contributed by atoms with E-state index in [-0.39, 0.29) is 17.8 Å². The second kappa shape index (κ2) is 7.32. The number of halogens is 2. The normalized spacial score (nSPS) is 10.2. The number of nitrogen functional groups attached to an aromatic ring is 1. The van der Waals surface area contributed by atoms with Gasteiger partial charge in [0.1, 0.15) is 0 Å². The predicted octanol–water partition coefficient (Wildman–Crippen LogP) is 2.80. The molecule has 2 aromatic carbocycles. The fourth-order valence-electron chi connectivity index (χ4n) is 1.85. The van der Waals surface area contributed by atoms with E-state index in [1.165, 1.54) is 6.07 Å². The molecule has 8 heteroatoms. The van der Waals surface area contributed by atoms with E-state index in [0.717, 1.165) is 5.01 Å². The average molecular weight is 353 g/mol. The molecule has 120 valence electrons. The van der Waals surface area contributed by atoms with Gasteiger partial charge in [-0.3, -0.25) is 15.1 Å². The lowest BCUT2D eigenvalue weighted by atomic mass is 10.2. The zero-order valence-corrected chi connectivity index (χ0v) is 13.4. The first-order valence-corrected chi connectivity index (χ1v) is 7.30. The standard InChI is InChI=1S/C15H14Cl2N4O2/c16-10-6-5-9(12(17)7-10)8-21(19)15(23)20-14(22)11-3-1-2-4-13(11)18/h1-7H,8,18-19H2,(H,20,22,23). The molecule has 0 aliphatic carbocycles. The van der Waals surface area contributed by atoms with Crippen LogP contribution in [0.15, 0.2) is 42.5 Å². The van der Waals surface area contributed by atoms with Crippen LogP contribution in [0.1, 0.15) is 15.9 Å². The van der Waals surface area contributed by atoms with Gasteiger partial charge < -0.3 is 5.73 Å². The molecule has 23 heavy (non-hydrogen) atoms. The molecule has 0 aromatic heterocycles. The zero-order chi connectivity index (χ0) is 17.0. The molecule has 2 aromatic rings. The Balaban J connectivity index is 2.03. The molecule has 6 nitrogen and oxygen atoms in total. The highest BCUT2D eigenvalue weighted by Gasteiger charge is 2.17. The summed E-state index contributed by atoms with van der Waals surface area (Å²) in [5.41, 5.74) is 6.74. The van der Waals surface area contributed by atoms with Crippen LogP contribution in [0, 0.1) is 0 Å². The number of hydrazine groups is 1. The van der Waals surface area contributed by atoms with Crippen molar-refractivity contribution in [3.63, 3.8) is 0 Å². The molecule has 0 atom stereocenters. The Morgan fingerprint density at radius 2 is 1.83 bits per heavy atom. The lowest BCUT2D eigenvalue weighted by Gasteiger charge is -2.18. The molecule has 3 amide bonds. The number of carbonyl (C=O) groups excluding carboxylic acids is 2. The number of carbonyl (C=O) groups is 2. The number of anilines is 1. The number of nitrogens with zero attached hydrogens (tertiary/aromatic N) is 1. The maximum absolute atomic E-state index is 12.0. The number of rotatable bonds is 3. The minimum absolute atomic E-state index is 0.0133. The summed E-state index contributed by atoms with van der Waals surface area (Å²) in [6.45, 7) is 0.0133. The SMILES string of the molecule is Nc1ccccc1C(=O)NC(=O)N(N)Cc1ccc(Cl)cc1Cl. The molecule has 0 bridgehead atoms. The van der Waals surface area contributed by atoms with Crippen molar-refractivity contribution in [2.45, 2.75) is 6.54 Å². The second-order valence-electron chi connectivity index (χ2n) is 4.71. The number of amides is 3. The van der Waals surface area contributed by atoms with Crippen molar-refractivity contribution in [3.05, 3.63) is 63.6 Å². The largest absolute Gasteiger partial charge is 0.398 e. The minimum atomic E-state index is -0.774. The van der Waals surface area contributed by atoms with Gasteiger partial charge in [-0.05, 0) is 29.8 Å². The van der Waals surface area contributed by atoms with Crippen molar-refractivity contribution < 1.29 is 9.59 Å². The maximum Gasteiger partial charge on any atom is 0.338 e. The molecular weight excluding hydrogens is 339 g/mol. The van der Waals surface area contributed by atoms with E-state index in [4.69, 9.17) is 34.8 Å². The highest BCUT2D eigenvalue weighted by molar-refractivity contribution is 6.35. The number of hydrogen-bond acceptors (Lipinski definition) is 4. The molecule has 0 fully saturated rings. The molecule has 0 saturated carbocycles. The lowest BCUT2D eigenvalue weighted by Crippen LogP contribution is -2.46. The minimum Gasteiger partial charge on any atom is -0.398 e. The van der Waals surface area contributed by atoms with Crippen LogP contribution in [0.4, 0.5) is 10.5 Å². The van der Waals surface area contributed by atoms with E-state index < -0.39 is 11.9 Å². The first kappa shape index (κ1) is 17.1. The highest BCUT2D eigenvalue weighted by atomic mass is 35.5. The summed E-state index contributed by atoms with van der Waals surface area (Å²) in [7, 11) is 0. The fraction of sp³-hybridized carbons (Fsp3) is 0.0667. The summed E-state index contributed by atoms with van der Waals surface area (Å²) in [4.78, 5) is 24.0. The summed E-state index contributed by atoms with van der Waals surface area (Å²) < 4.78 is 0. The van der Waals surface area contributed by atoms with Gasteiger partial charge in [-0.15, -0.1) is 0 Å². The smallest absolute Gasteiger partial charge is 0.338 e. The quantitative estimate of drug-likeness (QED) is 0.342. The number of para-hydroxylation sites is 1. The highest BCUT2D eigenvalue weighted by Crippen LogP contribution is 2.21. The van der Waals surface area contributed by atoms with Gasteiger partial charge in [-0.2, -0.15) is 0 Å². The van der Waals surface area contributed by atoms with Gasteiger partial charge in [0.2, 0.25) is 0 Å². The van der Waals surface area contributed by atoms with Crippen LogP contribution in [0.2, 0.25) is 10.0 Å². The molecule has 0 saturated heterocycles. The third kappa shape index (κ3) is 4.35. The van der Waals surface area contributed by atoms with Gasteiger partial charge in [0.15, 0.2) is 0 Å². The van der Waals surface area contributed by atoms with Gasteiger partial charge in [0, 0.05) is 15.7 Å². The average Bonchev–Trinajstić information content (AvgIpc) is 2.50. The Labute approximate surface area is 142 Å². The number of nitrogens with two attached hydrogens (primary N) is 2. The molecule has 0 aliphatic heterocycles. The van der Waals surface area contributed by atoms with E-state index in [2.05, 4.69) is 5.32 Å². The van der Waals surface area contributed by atoms with Crippen LogP contribution >= 0.6 is 23.2 Å². The van der Waals surface area contributed by atoms with Crippen LogP contribution in [0.5, 0.6) is 0 Å². The van der Waals surface area contributed by atoms with E-state index in [0.29, 0.717) is 15.6 Å². The van der Waals surface area contributed by atoms with Crippen molar-refractivity contribution in [2.75, 3.05) is 5.73 Å². The van der Waals surface area contributed by atoms with Crippen molar-refractivity contribution in [1.29, 1.82) is 0 Å². The zero-order valence-electron chi connectivity index (χ0n) is 11.9. The Bertz CT molecular complexity index is 752. The molecule has 0 spiro atoms. The van der Waals surface area contributed by atoms with Crippen LogP contribution in [-0.2, 0) is 6.54 Å². The van der Waals surface area contributed by atoms with Crippen molar-refractivity contribution in [3.8, 4) is 0 Å². The molecule has 0 aliphatic rings. The molecule has 0 heterocycles. The Hall–Kier alpha value is -2.28. The Morgan fingerprint density at radius 3 is 2.48 bits per heavy atom. The van der Waals surface area contributed by atoms with Gasteiger partial charge in [-0.25, -0.2) is 10.6 Å². The lowest BCUT2D eigenvalue weighted by molar-refractivity contribution is 0.0951. The number of imide groups is 1. The Kier molecular flexibility index (Phi) is 5.44. The summed E-state index contributed by atoms with van der Waals surface area (Å²) in [5.74, 6) is 5.03. The Morgan fingerprint density at radius 1 is 1.13 bits per heavy atom. The van der Waals surface area contributed by atoms with Gasteiger partial charge in [-0.1, -0.05) is 41.4 Å². The maximum atomic E-state index is 12.0. The monoisotopic (exact) mass is 352 g/mol. The third-order valence-electron chi connectivity index (χ3n) is 3.04. The first-order valence-electron chi connectivity index (χ1n) is 6.54. The molecule has 0 unspecified atom stereocenters. The van der Waals surface area contributed by atoms with E-state index >= 15 is 0 Å². The van der Waals surface area contributed by atoms with Crippen LogP contribution in [0.25, 0.3) is 0 Å². The molecule has 2 rings (SSSR count). The summed E-state index contributed by atoms with van der Waals surface area (Å²) >= 11 is 11.8. The van der Waals surface area contributed by atoms with E-state index in [1.54, 1.807) is 36.4 Å².